The largest absolute Gasteiger partial charge is 0.503 e. The first-order valence-corrected chi connectivity index (χ1v) is 4.28. The van der Waals surface area contributed by atoms with Crippen LogP contribution < -0.4 is 0 Å². The highest BCUT2D eigenvalue weighted by Crippen LogP contribution is 2.21. The lowest BCUT2D eigenvalue weighted by atomic mass is 10.1. The lowest BCUT2D eigenvalue weighted by molar-refractivity contribution is -0.837. The summed E-state index contributed by atoms with van der Waals surface area (Å²) in [5.41, 5.74) is -3.00. The zero-order valence-corrected chi connectivity index (χ0v) is 8.57. The average Bonchev–Trinajstić information content (AvgIpc) is 2.27. The predicted molar refractivity (Wildman–Crippen MR) is 49.0 cm³/mol. The highest BCUT2D eigenvalue weighted by atomic mass is 16.7. The lowest BCUT2D eigenvalue weighted by Crippen LogP contribution is -2.68. The zero-order chi connectivity index (χ0) is 14.1. The molecule has 0 saturated carbocycles. The van der Waals surface area contributed by atoms with E-state index in [2.05, 4.69) is 0 Å². The maximum atomic E-state index is 10.7. The number of hydrazine groups is 2. The van der Waals surface area contributed by atoms with Crippen LogP contribution in [0.25, 0.3) is 0 Å². The number of nitro groups is 4. The quantitative estimate of drug-likeness (QED) is 0.319. The fraction of sp³-hybridized carbons (Fsp3) is 1.00. The maximum Gasteiger partial charge on any atom is 0.503 e. The molecule has 1 aliphatic rings. The van der Waals surface area contributed by atoms with Crippen LogP contribution in [0.3, 0.4) is 0 Å². The van der Waals surface area contributed by atoms with E-state index in [-0.39, 0.29) is 10.0 Å². The van der Waals surface area contributed by atoms with E-state index in [0.29, 0.717) is 0 Å². The molecule has 0 bridgehead atoms. The van der Waals surface area contributed by atoms with Gasteiger partial charge in [-0.1, -0.05) is 10.0 Å². The molecule has 0 amide bonds. The van der Waals surface area contributed by atoms with Crippen molar-refractivity contribution in [3.05, 3.63) is 40.5 Å². The van der Waals surface area contributed by atoms with Crippen LogP contribution in [-0.2, 0) is 0 Å². The Morgan fingerprint density at radius 3 is 1.33 bits per heavy atom. The molecule has 0 radical (unpaired) electrons. The second-order valence-electron chi connectivity index (χ2n) is 3.44. The van der Waals surface area contributed by atoms with Gasteiger partial charge in [0.05, 0.1) is 0 Å². The van der Waals surface area contributed by atoms with Crippen LogP contribution in [0.4, 0.5) is 0 Å². The Morgan fingerprint density at radius 2 is 1.11 bits per heavy atom. The summed E-state index contributed by atoms with van der Waals surface area (Å²) in [4.78, 5) is 39.7. The summed E-state index contributed by atoms with van der Waals surface area (Å²) in [6.07, 6.45) is 0. The van der Waals surface area contributed by atoms with Crippen molar-refractivity contribution in [3.63, 3.8) is 0 Å². The summed E-state index contributed by atoms with van der Waals surface area (Å²) in [5.74, 6) is 0. The summed E-state index contributed by atoms with van der Waals surface area (Å²) in [5, 5.41) is 40.2. The molecule has 1 heterocycles. The molecule has 1 aliphatic heterocycles. The molecule has 18 heavy (non-hydrogen) atoms. The van der Waals surface area contributed by atoms with E-state index in [1.165, 1.54) is 0 Å². The van der Waals surface area contributed by atoms with Gasteiger partial charge in [0.15, 0.2) is 10.1 Å². The third kappa shape index (κ3) is 2.02. The first-order chi connectivity index (χ1) is 8.20. The Kier molecular flexibility index (Phi) is 3.11. The van der Waals surface area contributed by atoms with Gasteiger partial charge in [0.25, 0.3) is 0 Å². The molecule has 1 fully saturated rings. The Morgan fingerprint density at radius 1 is 0.778 bits per heavy atom. The van der Waals surface area contributed by atoms with Gasteiger partial charge in [-0.2, -0.15) is 0 Å². The summed E-state index contributed by atoms with van der Waals surface area (Å²) < 4.78 is 0. The Hall–Kier alpha value is -2.80. The molecule has 0 N–H and O–H groups in total. The van der Waals surface area contributed by atoms with E-state index >= 15 is 0 Å². The van der Waals surface area contributed by atoms with Crippen molar-refractivity contribution >= 4 is 0 Å². The fourth-order valence-electron chi connectivity index (χ4n) is 1.44. The van der Waals surface area contributed by atoms with Gasteiger partial charge in [-0.15, -0.1) is 0 Å². The van der Waals surface area contributed by atoms with Gasteiger partial charge in [0.1, 0.15) is 9.85 Å². The van der Waals surface area contributed by atoms with Crippen LogP contribution in [0.15, 0.2) is 0 Å². The van der Waals surface area contributed by atoms with E-state index in [9.17, 15) is 40.5 Å². The van der Waals surface area contributed by atoms with Crippen molar-refractivity contribution in [2.45, 2.75) is 5.66 Å². The zero-order valence-electron chi connectivity index (χ0n) is 8.57. The van der Waals surface area contributed by atoms with E-state index in [4.69, 9.17) is 0 Å². The summed E-state index contributed by atoms with van der Waals surface area (Å²) in [7, 11) is 0. The van der Waals surface area contributed by atoms with E-state index in [1.807, 2.05) is 0 Å². The molecule has 0 aromatic carbocycles. The molecular formula is C4H6N6O8. The minimum atomic E-state index is -3.00. The monoisotopic (exact) mass is 266 g/mol. The number of hydrogen-bond donors (Lipinski definition) is 0. The van der Waals surface area contributed by atoms with E-state index in [0.717, 1.165) is 0 Å². The molecule has 0 unspecified atom stereocenters. The van der Waals surface area contributed by atoms with Crippen LogP contribution in [0.1, 0.15) is 0 Å². The highest BCUT2D eigenvalue weighted by Gasteiger charge is 2.66. The maximum absolute atomic E-state index is 10.7. The first-order valence-electron chi connectivity index (χ1n) is 4.28. The molecule has 1 rings (SSSR count). The molecule has 0 spiro atoms. The fourth-order valence-corrected chi connectivity index (χ4v) is 1.44. The standard InChI is InChI=1S/C4H6N6O8/c11-7(12)4(8(13)14)1-5(9(15)16)3-6(2-4)10(17)18/h1-3H2. The van der Waals surface area contributed by atoms with Gasteiger partial charge in [-0.3, -0.25) is 20.2 Å². The molecule has 0 aromatic heterocycles. The normalized spacial score (nSPS) is 18.2. The number of nitrogens with zero attached hydrogens (tertiary/aromatic N) is 6. The third-order valence-electron chi connectivity index (χ3n) is 2.34. The van der Waals surface area contributed by atoms with Crippen LogP contribution in [0.5, 0.6) is 0 Å². The van der Waals surface area contributed by atoms with E-state index < -0.39 is 45.3 Å². The van der Waals surface area contributed by atoms with Crippen LogP contribution in [-0.4, -0.2) is 55.4 Å². The summed E-state index contributed by atoms with van der Waals surface area (Å²) >= 11 is 0. The van der Waals surface area contributed by atoms with Crippen molar-refractivity contribution < 1.29 is 19.9 Å². The second kappa shape index (κ2) is 4.22. The molecule has 14 heteroatoms. The molecule has 1 saturated heterocycles. The minimum Gasteiger partial charge on any atom is -0.258 e. The van der Waals surface area contributed by atoms with Gasteiger partial charge in [0, 0.05) is 0 Å². The molecule has 14 nitrogen and oxygen atoms in total. The summed E-state index contributed by atoms with van der Waals surface area (Å²) in [6, 6.07) is 0. The SMILES string of the molecule is O=[N+]([O-])N1CN([N+](=O)[O-])CC([N+](=O)[O-])([N+](=O)[O-])C1. The van der Waals surface area contributed by atoms with Crippen molar-refractivity contribution in [2.24, 2.45) is 0 Å². The molecule has 0 aliphatic carbocycles. The highest BCUT2D eigenvalue weighted by molar-refractivity contribution is 4.76. The van der Waals surface area contributed by atoms with Gasteiger partial charge in [0.2, 0.25) is 19.8 Å². The molecule has 100 valence electrons. The van der Waals surface area contributed by atoms with Gasteiger partial charge < -0.3 is 0 Å². The van der Waals surface area contributed by atoms with Gasteiger partial charge >= 0.3 is 5.66 Å². The van der Waals surface area contributed by atoms with Crippen LogP contribution >= 0.6 is 0 Å². The minimum absolute atomic E-state index is 0.0535. The molecule has 0 aromatic rings. The van der Waals surface area contributed by atoms with Crippen molar-refractivity contribution in [1.82, 2.24) is 10.0 Å². The number of rotatable bonds is 4. The first kappa shape index (κ1) is 13.3. The van der Waals surface area contributed by atoms with Crippen LogP contribution in [0, 0.1) is 40.5 Å². The van der Waals surface area contributed by atoms with Crippen molar-refractivity contribution in [3.8, 4) is 0 Å². The smallest absolute Gasteiger partial charge is 0.258 e. The lowest BCUT2D eigenvalue weighted by Gasteiger charge is -2.28. The molecular weight excluding hydrogens is 260 g/mol. The van der Waals surface area contributed by atoms with Gasteiger partial charge in [-0.05, 0) is 0 Å². The Bertz CT molecular complexity index is 384. The van der Waals surface area contributed by atoms with Crippen molar-refractivity contribution in [1.29, 1.82) is 0 Å². The third-order valence-corrected chi connectivity index (χ3v) is 2.34. The Balaban J connectivity index is 3.18. The predicted octanol–water partition coefficient (Wildman–Crippen LogP) is -1.81. The average molecular weight is 266 g/mol. The molecule has 0 atom stereocenters. The van der Waals surface area contributed by atoms with Crippen LogP contribution in [0.2, 0.25) is 0 Å². The summed E-state index contributed by atoms with van der Waals surface area (Å²) in [6.45, 7) is -3.17. The topological polar surface area (TPSA) is 179 Å². The second-order valence-corrected chi connectivity index (χ2v) is 3.44. The number of hydrogen-bond acceptors (Lipinski definition) is 8. The Labute approximate surface area is 96.9 Å². The van der Waals surface area contributed by atoms with E-state index in [1.54, 1.807) is 0 Å². The van der Waals surface area contributed by atoms with Crippen molar-refractivity contribution in [2.75, 3.05) is 19.8 Å². The van der Waals surface area contributed by atoms with Gasteiger partial charge in [-0.25, -0.2) is 20.2 Å².